The molecule has 1 atom stereocenters. The van der Waals surface area contributed by atoms with Crippen molar-refractivity contribution >= 4 is 0 Å². The SMILES string of the molecule is CN(C)CCC1Cc2ccccc2Cc2ccccc21. The number of hydrogen-bond acceptors (Lipinski definition) is 1. The molecule has 0 saturated heterocycles. The third kappa shape index (κ3) is 2.78. The van der Waals surface area contributed by atoms with Gasteiger partial charge in [-0.25, -0.2) is 0 Å². The number of fused-ring (bicyclic) bond motifs is 2. The Bertz CT molecular complexity index is 586. The Labute approximate surface area is 122 Å². The lowest BCUT2D eigenvalue weighted by Crippen LogP contribution is -2.17. The van der Waals surface area contributed by atoms with Crippen LogP contribution in [0.5, 0.6) is 0 Å². The molecule has 0 saturated carbocycles. The molecule has 0 heterocycles. The monoisotopic (exact) mass is 265 g/mol. The Morgan fingerprint density at radius 3 is 2.30 bits per heavy atom. The number of hydrogen-bond donors (Lipinski definition) is 0. The lowest BCUT2D eigenvalue weighted by atomic mass is 9.88. The van der Waals surface area contributed by atoms with Crippen molar-refractivity contribution in [1.82, 2.24) is 4.90 Å². The van der Waals surface area contributed by atoms with E-state index in [1.807, 2.05) is 0 Å². The molecular weight excluding hydrogens is 242 g/mol. The van der Waals surface area contributed by atoms with E-state index < -0.39 is 0 Å². The van der Waals surface area contributed by atoms with Crippen LogP contribution in [0.25, 0.3) is 0 Å². The van der Waals surface area contributed by atoms with E-state index in [1.54, 1.807) is 5.56 Å². The zero-order valence-electron chi connectivity index (χ0n) is 12.5. The summed E-state index contributed by atoms with van der Waals surface area (Å²) in [6, 6.07) is 18.0. The van der Waals surface area contributed by atoms with Crippen molar-refractivity contribution in [1.29, 1.82) is 0 Å². The first kappa shape index (κ1) is 13.4. The minimum atomic E-state index is 0.650. The van der Waals surface area contributed by atoms with Gasteiger partial charge < -0.3 is 4.90 Å². The van der Waals surface area contributed by atoms with E-state index in [0.29, 0.717) is 5.92 Å². The van der Waals surface area contributed by atoms with Crippen LogP contribution in [0.1, 0.15) is 34.6 Å². The van der Waals surface area contributed by atoms with E-state index in [1.165, 1.54) is 29.5 Å². The van der Waals surface area contributed by atoms with Gasteiger partial charge in [0.25, 0.3) is 0 Å². The zero-order valence-corrected chi connectivity index (χ0v) is 12.5. The summed E-state index contributed by atoms with van der Waals surface area (Å²) in [7, 11) is 4.33. The van der Waals surface area contributed by atoms with Gasteiger partial charge in [-0.1, -0.05) is 48.5 Å². The van der Waals surface area contributed by atoms with Gasteiger partial charge in [0.05, 0.1) is 0 Å². The summed E-state index contributed by atoms with van der Waals surface area (Å²) in [5.74, 6) is 0.650. The van der Waals surface area contributed by atoms with Gasteiger partial charge in [-0.2, -0.15) is 0 Å². The Morgan fingerprint density at radius 2 is 1.55 bits per heavy atom. The van der Waals surface area contributed by atoms with Gasteiger partial charge in [-0.15, -0.1) is 0 Å². The highest BCUT2D eigenvalue weighted by molar-refractivity contribution is 5.42. The van der Waals surface area contributed by atoms with Crippen LogP contribution < -0.4 is 0 Å². The van der Waals surface area contributed by atoms with Crippen molar-refractivity contribution in [2.45, 2.75) is 25.2 Å². The summed E-state index contributed by atoms with van der Waals surface area (Å²) in [5.41, 5.74) is 6.12. The first-order valence-electron chi connectivity index (χ1n) is 7.53. The summed E-state index contributed by atoms with van der Waals surface area (Å²) in [6.45, 7) is 1.15. The lowest BCUT2D eigenvalue weighted by Gasteiger charge is -2.20. The fraction of sp³-hybridized carbons (Fsp3) is 0.368. The molecule has 2 aromatic rings. The van der Waals surface area contributed by atoms with Crippen LogP contribution in [0.4, 0.5) is 0 Å². The summed E-state index contributed by atoms with van der Waals surface area (Å²) in [5, 5.41) is 0. The highest BCUT2D eigenvalue weighted by Crippen LogP contribution is 2.33. The number of nitrogens with zero attached hydrogens (tertiary/aromatic N) is 1. The molecule has 1 aliphatic carbocycles. The average Bonchev–Trinajstić information content (AvgIpc) is 2.61. The molecule has 1 unspecified atom stereocenters. The van der Waals surface area contributed by atoms with Crippen molar-refractivity contribution in [3.8, 4) is 0 Å². The molecule has 3 rings (SSSR count). The molecule has 104 valence electrons. The predicted molar refractivity (Wildman–Crippen MR) is 85.3 cm³/mol. The maximum absolute atomic E-state index is 2.33. The van der Waals surface area contributed by atoms with E-state index in [-0.39, 0.29) is 0 Å². The predicted octanol–water partition coefficient (Wildman–Crippen LogP) is 3.87. The standard InChI is InChI=1S/C19H23N/c1-20(2)12-11-18-14-16-8-4-3-7-15(16)13-17-9-5-6-10-19(17)18/h3-10,18H,11-14H2,1-2H3. The smallest absolute Gasteiger partial charge is 0.00189 e. The molecule has 0 radical (unpaired) electrons. The third-order valence-corrected chi connectivity index (χ3v) is 4.39. The first-order valence-corrected chi connectivity index (χ1v) is 7.53. The van der Waals surface area contributed by atoms with Gasteiger partial charge in [-0.05, 0) is 68.1 Å². The van der Waals surface area contributed by atoms with Gasteiger partial charge in [0.1, 0.15) is 0 Å². The van der Waals surface area contributed by atoms with Crippen LogP contribution in [0.2, 0.25) is 0 Å². The lowest BCUT2D eigenvalue weighted by molar-refractivity contribution is 0.380. The molecule has 20 heavy (non-hydrogen) atoms. The second kappa shape index (κ2) is 5.80. The molecule has 0 N–H and O–H groups in total. The van der Waals surface area contributed by atoms with Gasteiger partial charge in [0.15, 0.2) is 0 Å². The fourth-order valence-corrected chi connectivity index (χ4v) is 3.27. The Kier molecular flexibility index (Phi) is 3.88. The third-order valence-electron chi connectivity index (χ3n) is 4.39. The van der Waals surface area contributed by atoms with Gasteiger partial charge in [-0.3, -0.25) is 0 Å². The summed E-state index contributed by atoms with van der Waals surface area (Å²) < 4.78 is 0. The Morgan fingerprint density at radius 1 is 0.900 bits per heavy atom. The van der Waals surface area contributed by atoms with Gasteiger partial charge >= 0.3 is 0 Å². The van der Waals surface area contributed by atoms with E-state index in [2.05, 4.69) is 67.5 Å². The van der Waals surface area contributed by atoms with Crippen molar-refractivity contribution < 1.29 is 0 Å². The molecule has 1 nitrogen and oxygen atoms in total. The second-order valence-electron chi connectivity index (χ2n) is 6.14. The summed E-state index contributed by atoms with van der Waals surface area (Å²) in [6.07, 6.45) is 3.50. The first-order chi connectivity index (χ1) is 9.74. The minimum Gasteiger partial charge on any atom is -0.309 e. The Balaban J connectivity index is 1.97. The molecule has 1 aliphatic rings. The van der Waals surface area contributed by atoms with Crippen molar-refractivity contribution in [2.75, 3.05) is 20.6 Å². The molecule has 0 aliphatic heterocycles. The minimum absolute atomic E-state index is 0.650. The average molecular weight is 265 g/mol. The normalized spacial score (nSPS) is 17.4. The molecular formula is C19H23N. The second-order valence-corrected chi connectivity index (χ2v) is 6.14. The number of rotatable bonds is 3. The molecule has 1 heteroatoms. The summed E-state index contributed by atoms with van der Waals surface area (Å²) >= 11 is 0. The molecule has 0 spiro atoms. The number of benzene rings is 2. The molecule has 2 aromatic carbocycles. The topological polar surface area (TPSA) is 3.24 Å². The highest BCUT2D eigenvalue weighted by Gasteiger charge is 2.21. The zero-order chi connectivity index (χ0) is 13.9. The van der Waals surface area contributed by atoms with Crippen LogP contribution in [-0.4, -0.2) is 25.5 Å². The van der Waals surface area contributed by atoms with E-state index in [0.717, 1.165) is 13.0 Å². The van der Waals surface area contributed by atoms with E-state index >= 15 is 0 Å². The van der Waals surface area contributed by atoms with Crippen LogP contribution >= 0.6 is 0 Å². The quantitative estimate of drug-likeness (QED) is 0.814. The van der Waals surface area contributed by atoms with E-state index in [9.17, 15) is 0 Å². The fourth-order valence-electron chi connectivity index (χ4n) is 3.27. The van der Waals surface area contributed by atoms with Gasteiger partial charge in [0, 0.05) is 0 Å². The highest BCUT2D eigenvalue weighted by atomic mass is 15.0. The van der Waals surface area contributed by atoms with Crippen molar-refractivity contribution in [2.24, 2.45) is 0 Å². The van der Waals surface area contributed by atoms with Crippen LogP contribution in [0.15, 0.2) is 48.5 Å². The van der Waals surface area contributed by atoms with Gasteiger partial charge in [0.2, 0.25) is 0 Å². The Hall–Kier alpha value is -1.60. The van der Waals surface area contributed by atoms with Crippen molar-refractivity contribution in [3.63, 3.8) is 0 Å². The molecule has 0 bridgehead atoms. The maximum atomic E-state index is 2.33. The largest absolute Gasteiger partial charge is 0.309 e. The molecule has 0 aromatic heterocycles. The summed E-state index contributed by atoms with van der Waals surface area (Å²) in [4.78, 5) is 2.29. The van der Waals surface area contributed by atoms with Crippen molar-refractivity contribution in [3.05, 3.63) is 70.8 Å². The van der Waals surface area contributed by atoms with Crippen LogP contribution in [-0.2, 0) is 12.8 Å². The van der Waals surface area contributed by atoms with Crippen LogP contribution in [0.3, 0.4) is 0 Å². The molecule has 0 amide bonds. The maximum Gasteiger partial charge on any atom is -0.00189 e. The molecule has 0 fully saturated rings. The van der Waals surface area contributed by atoms with E-state index in [4.69, 9.17) is 0 Å². The van der Waals surface area contributed by atoms with Crippen LogP contribution in [0, 0.1) is 0 Å².